The lowest BCUT2D eigenvalue weighted by molar-refractivity contribution is 0.357. The van der Waals surface area contributed by atoms with Crippen LogP contribution in [0.1, 0.15) is 23.6 Å². The van der Waals surface area contributed by atoms with E-state index in [1.54, 1.807) is 0 Å². The van der Waals surface area contributed by atoms with E-state index in [1.165, 1.54) is 11.1 Å². The lowest BCUT2D eigenvalue weighted by Crippen LogP contribution is -2.38. The summed E-state index contributed by atoms with van der Waals surface area (Å²) in [5.41, 5.74) is 3.77. The van der Waals surface area contributed by atoms with E-state index in [0.29, 0.717) is 5.15 Å². The molecule has 0 radical (unpaired) electrons. The quantitative estimate of drug-likeness (QED) is 0.445. The van der Waals surface area contributed by atoms with Crippen molar-refractivity contribution in [1.29, 1.82) is 0 Å². The number of nitrogens with zero attached hydrogens (tertiary/aromatic N) is 2. The van der Waals surface area contributed by atoms with Crippen LogP contribution in [0.15, 0.2) is 41.5 Å². The Morgan fingerprint density at radius 2 is 2.08 bits per heavy atom. The normalized spacial score (nSPS) is 13.2. The van der Waals surface area contributed by atoms with Crippen LogP contribution < -0.4 is 15.4 Å². The number of aliphatic imine (C=N–C) groups is 1. The van der Waals surface area contributed by atoms with Crippen LogP contribution in [0.3, 0.4) is 0 Å². The summed E-state index contributed by atoms with van der Waals surface area (Å²) in [6, 6.07) is 10.3. The molecule has 26 heavy (non-hydrogen) atoms. The number of aromatic nitrogens is 1. The summed E-state index contributed by atoms with van der Waals surface area (Å²) >= 11 is 5.81. The molecule has 1 aromatic heterocycles. The van der Waals surface area contributed by atoms with Gasteiger partial charge >= 0.3 is 0 Å². The fraction of sp³-hybridized carbons (Fsp3) is 0.400. The number of pyridine rings is 1. The van der Waals surface area contributed by atoms with Crippen LogP contribution in [0.5, 0.6) is 5.75 Å². The summed E-state index contributed by atoms with van der Waals surface area (Å²) in [6.45, 7) is 5.25. The summed E-state index contributed by atoms with van der Waals surface area (Å²) in [6.07, 6.45) is 4.62. The Morgan fingerprint density at radius 1 is 1.19 bits per heavy atom. The van der Waals surface area contributed by atoms with Gasteiger partial charge in [0.15, 0.2) is 5.96 Å². The van der Waals surface area contributed by atoms with Gasteiger partial charge < -0.3 is 15.4 Å². The Bertz CT molecular complexity index is 746. The topological polar surface area (TPSA) is 58.5 Å². The Balaban J connectivity index is 1.47. The van der Waals surface area contributed by atoms with Crippen LogP contribution >= 0.6 is 11.6 Å². The molecule has 0 unspecified atom stereocenters. The Labute approximate surface area is 159 Å². The summed E-state index contributed by atoms with van der Waals surface area (Å²) in [5, 5.41) is 7.18. The third kappa shape index (κ3) is 5.36. The molecular formula is C20H25ClN4O. The van der Waals surface area contributed by atoms with Crippen molar-refractivity contribution in [2.75, 3.05) is 26.2 Å². The van der Waals surface area contributed by atoms with Gasteiger partial charge in [-0.1, -0.05) is 29.8 Å². The second-order valence-electron chi connectivity index (χ2n) is 6.22. The largest absolute Gasteiger partial charge is 0.493 e. The Morgan fingerprint density at radius 3 is 2.88 bits per heavy atom. The Kier molecular flexibility index (Phi) is 6.72. The van der Waals surface area contributed by atoms with Gasteiger partial charge in [-0.2, -0.15) is 0 Å². The van der Waals surface area contributed by atoms with Crippen LogP contribution in [0.2, 0.25) is 5.15 Å². The number of halogens is 1. The van der Waals surface area contributed by atoms with Crippen molar-refractivity contribution in [1.82, 2.24) is 15.6 Å². The first-order valence-electron chi connectivity index (χ1n) is 9.12. The van der Waals surface area contributed by atoms with Gasteiger partial charge in [-0.05, 0) is 48.6 Å². The van der Waals surface area contributed by atoms with Gasteiger partial charge in [0.1, 0.15) is 10.9 Å². The molecule has 0 amide bonds. The molecule has 6 heteroatoms. The molecule has 5 nitrogen and oxygen atoms in total. The summed E-state index contributed by atoms with van der Waals surface area (Å²) in [4.78, 5) is 8.78. The van der Waals surface area contributed by atoms with E-state index >= 15 is 0 Å². The number of nitrogens with one attached hydrogen (secondary N) is 2. The summed E-state index contributed by atoms with van der Waals surface area (Å²) in [7, 11) is 0. The van der Waals surface area contributed by atoms with E-state index in [2.05, 4.69) is 45.7 Å². The first-order valence-corrected chi connectivity index (χ1v) is 9.49. The van der Waals surface area contributed by atoms with Crippen molar-refractivity contribution in [3.63, 3.8) is 0 Å². The fourth-order valence-electron chi connectivity index (χ4n) is 2.91. The number of hydrogen-bond donors (Lipinski definition) is 2. The molecule has 1 aromatic carbocycles. The highest BCUT2D eigenvalue weighted by Crippen LogP contribution is 2.25. The predicted octanol–water partition coefficient (Wildman–Crippen LogP) is 3.01. The maximum Gasteiger partial charge on any atom is 0.191 e. The van der Waals surface area contributed by atoms with E-state index in [-0.39, 0.29) is 0 Å². The molecule has 3 rings (SSSR count). The molecule has 1 aliphatic rings. The van der Waals surface area contributed by atoms with Gasteiger partial charge in [0.25, 0.3) is 0 Å². The lowest BCUT2D eigenvalue weighted by atomic mass is 10.1. The standard InChI is InChI=1S/C20H25ClN4O/c1-2-22-20(24-11-8-16-4-6-19(21)25-14-16)23-10-7-15-3-5-18-17(13-15)9-12-26-18/h3-6,13-14H,2,7-12H2,1H3,(H2,22,23,24). The van der Waals surface area contributed by atoms with Gasteiger partial charge in [0.2, 0.25) is 0 Å². The molecule has 2 aromatic rings. The van der Waals surface area contributed by atoms with E-state index in [4.69, 9.17) is 16.3 Å². The van der Waals surface area contributed by atoms with E-state index < -0.39 is 0 Å². The van der Waals surface area contributed by atoms with E-state index in [1.807, 2.05) is 18.3 Å². The molecule has 138 valence electrons. The number of fused-ring (bicyclic) bond motifs is 1. The van der Waals surface area contributed by atoms with E-state index in [9.17, 15) is 0 Å². The summed E-state index contributed by atoms with van der Waals surface area (Å²) < 4.78 is 5.56. The summed E-state index contributed by atoms with van der Waals surface area (Å²) in [5.74, 6) is 1.88. The van der Waals surface area contributed by atoms with Crippen molar-refractivity contribution in [3.05, 3.63) is 58.4 Å². The number of ether oxygens (including phenoxy) is 1. The number of guanidine groups is 1. The van der Waals surface area contributed by atoms with Gasteiger partial charge in [-0.25, -0.2) is 4.98 Å². The zero-order valence-electron chi connectivity index (χ0n) is 15.1. The van der Waals surface area contributed by atoms with Crippen LogP contribution in [-0.2, 0) is 19.3 Å². The maximum absolute atomic E-state index is 5.81. The molecule has 1 aliphatic heterocycles. The third-order valence-electron chi connectivity index (χ3n) is 4.26. The molecule has 0 spiro atoms. The average molecular weight is 373 g/mol. The lowest BCUT2D eigenvalue weighted by Gasteiger charge is -2.11. The van der Waals surface area contributed by atoms with Crippen molar-refractivity contribution < 1.29 is 4.74 Å². The third-order valence-corrected chi connectivity index (χ3v) is 4.49. The minimum absolute atomic E-state index is 0.523. The zero-order valence-corrected chi connectivity index (χ0v) is 15.9. The van der Waals surface area contributed by atoms with Crippen molar-refractivity contribution >= 4 is 17.6 Å². The van der Waals surface area contributed by atoms with Gasteiger partial charge in [-0.15, -0.1) is 0 Å². The van der Waals surface area contributed by atoms with Crippen molar-refractivity contribution in [2.45, 2.75) is 26.2 Å². The highest BCUT2D eigenvalue weighted by atomic mass is 35.5. The highest BCUT2D eigenvalue weighted by Gasteiger charge is 2.11. The Hall–Kier alpha value is -2.27. The van der Waals surface area contributed by atoms with Gasteiger partial charge in [-0.3, -0.25) is 4.99 Å². The van der Waals surface area contributed by atoms with E-state index in [0.717, 1.165) is 62.8 Å². The first-order chi connectivity index (χ1) is 12.7. The van der Waals surface area contributed by atoms with Gasteiger partial charge in [0, 0.05) is 32.3 Å². The highest BCUT2D eigenvalue weighted by molar-refractivity contribution is 6.29. The minimum Gasteiger partial charge on any atom is -0.493 e. The van der Waals surface area contributed by atoms with Crippen LogP contribution in [-0.4, -0.2) is 37.2 Å². The molecule has 2 heterocycles. The second-order valence-corrected chi connectivity index (χ2v) is 6.60. The molecule has 0 fully saturated rings. The molecule has 2 N–H and O–H groups in total. The smallest absolute Gasteiger partial charge is 0.191 e. The molecule has 0 aliphatic carbocycles. The monoisotopic (exact) mass is 372 g/mol. The van der Waals surface area contributed by atoms with Crippen LogP contribution in [0, 0.1) is 0 Å². The SMILES string of the molecule is CCNC(=NCCc1ccc2c(c1)CCO2)NCCc1ccc(Cl)nc1. The van der Waals surface area contributed by atoms with Crippen molar-refractivity contribution in [2.24, 2.45) is 4.99 Å². The number of rotatable bonds is 7. The van der Waals surface area contributed by atoms with Crippen LogP contribution in [0.4, 0.5) is 0 Å². The first kappa shape index (κ1) is 18.5. The van der Waals surface area contributed by atoms with Crippen LogP contribution in [0.25, 0.3) is 0 Å². The predicted molar refractivity (Wildman–Crippen MR) is 106 cm³/mol. The molecule has 0 bridgehead atoms. The molecule has 0 atom stereocenters. The molecule has 0 saturated heterocycles. The van der Waals surface area contributed by atoms with Gasteiger partial charge in [0.05, 0.1) is 6.61 Å². The maximum atomic E-state index is 5.81. The second kappa shape index (κ2) is 9.43. The average Bonchev–Trinajstić information content (AvgIpc) is 3.11. The minimum atomic E-state index is 0.523. The molecular weight excluding hydrogens is 348 g/mol. The fourth-order valence-corrected chi connectivity index (χ4v) is 3.03. The van der Waals surface area contributed by atoms with Crippen molar-refractivity contribution in [3.8, 4) is 5.75 Å². The molecule has 0 saturated carbocycles. The zero-order chi connectivity index (χ0) is 18.2. The number of benzene rings is 1. The number of hydrogen-bond acceptors (Lipinski definition) is 3.